The second-order valence-corrected chi connectivity index (χ2v) is 5.89. The van der Waals surface area contributed by atoms with E-state index < -0.39 is 0 Å². The Kier molecular flexibility index (Phi) is 4.93. The largest absolute Gasteiger partial charge is 0.472 e. The first kappa shape index (κ1) is 14.5. The third kappa shape index (κ3) is 3.54. The van der Waals surface area contributed by atoms with Crippen molar-refractivity contribution in [1.29, 1.82) is 0 Å². The summed E-state index contributed by atoms with van der Waals surface area (Å²) >= 11 is 1.24. The van der Waals surface area contributed by atoms with Crippen LogP contribution in [0.3, 0.4) is 0 Å². The Bertz CT molecular complexity index is 444. The minimum atomic E-state index is 0.202. The van der Waals surface area contributed by atoms with E-state index in [9.17, 15) is 0 Å². The first-order valence-corrected chi connectivity index (χ1v) is 7.73. The fraction of sp³-hybridized carbons (Fsp3) is 0.714. The lowest BCUT2D eigenvalue weighted by Crippen LogP contribution is -2.33. The molecule has 0 aromatic carbocycles. The van der Waals surface area contributed by atoms with Gasteiger partial charge in [0.2, 0.25) is 0 Å². The highest BCUT2D eigenvalue weighted by molar-refractivity contribution is 6.99. The number of aromatic nitrogens is 2. The van der Waals surface area contributed by atoms with Crippen LogP contribution in [0.4, 0.5) is 0 Å². The number of hydrogen-bond acceptors (Lipinski definition) is 5. The van der Waals surface area contributed by atoms with E-state index in [1.54, 1.807) is 0 Å². The molecule has 5 heteroatoms. The number of nitrogens with zero attached hydrogens (tertiary/aromatic N) is 3. The second kappa shape index (κ2) is 6.48. The van der Waals surface area contributed by atoms with Gasteiger partial charge in [0.25, 0.3) is 5.88 Å². The van der Waals surface area contributed by atoms with Crippen LogP contribution in [0.1, 0.15) is 45.7 Å². The zero-order chi connectivity index (χ0) is 13.8. The standard InChI is InChI=1S/C14H23N3OS/c1-5-6-11(3)18-14-13(15-19-16-14)12-8-7-10(2)17(4)9-12/h8,10-11H,5-7,9H2,1-4H3. The van der Waals surface area contributed by atoms with Crippen molar-refractivity contribution in [2.75, 3.05) is 13.6 Å². The summed E-state index contributed by atoms with van der Waals surface area (Å²) < 4.78 is 14.6. The van der Waals surface area contributed by atoms with E-state index in [1.165, 1.54) is 17.3 Å². The maximum atomic E-state index is 5.92. The van der Waals surface area contributed by atoms with E-state index in [2.05, 4.69) is 47.5 Å². The van der Waals surface area contributed by atoms with Crippen LogP contribution >= 0.6 is 11.7 Å². The maximum Gasteiger partial charge on any atom is 0.253 e. The first-order valence-electron chi connectivity index (χ1n) is 7.00. The predicted octanol–water partition coefficient (Wildman–Crippen LogP) is 3.21. The molecule has 0 saturated carbocycles. The zero-order valence-corrected chi connectivity index (χ0v) is 13.0. The van der Waals surface area contributed by atoms with Crippen LogP contribution in [0, 0.1) is 0 Å². The Morgan fingerprint density at radius 2 is 2.32 bits per heavy atom. The van der Waals surface area contributed by atoms with Crippen LogP contribution in [-0.4, -0.2) is 39.4 Å². The molecule has 0 spiro atoms. The highest BCUT2D eigenvalue weighted by Gasteiger charge is 2.22. The smallest absolute Gasteiger partial charge is 0.253 e. The summed E-state index contributed by atoms with van der Waals surface area (Å²) in [5, 5.41) is 0. The fourth-order valence-electron chi connectivity index (χ4n) is 2.26. The SMILES string of the molecule is CCCC(C)Oc1nsnc1C1=CCC(C)N(C)C1. The van der Waals surface area contributed by atoms with Gasteiger partial charge in [-0.15, -0.1) is 4.37 Å². The van der Waals surface area contributed by atoms with Crippen molar-refractivity contribution in [2.45, 2.75) is 52.2 Å². The molecule has 2 unspecified atom stereocenters. The quantitative estimate of drug-likeness (QED) is 0.830. The topological polar surface area (TPSA) is 38.3 Å². The molecule has 0 aliphatic carbocycles. The van der Waals surface area contributed by atoms with Crippen molar-refractivity contribution in [1.82, 2.24) is 13.6 Å². The summed E-state index contributed by atoms with van der Waals surface area (Å²) in [6, 6.07) is 0.596. The zero-order valence-electron chi connectivity index (χ0n) is 12.2. The van der Waals surface area contributed by atoms with E-state index in [0.29, 0.717) is 11.9 Å². The molecule has 19 heavy (non-hydrogen) atoms. The van der Waals surface area contributed by atoms with Gasteiger partial charge in [-0.25, -0.2) is 0 Å². The van der Waals surface area contributed by atoms with Crippen LogP contribution in [0.25, 0.3) is 5.57 Å². The molecule has 2 atom stereocenters. The monoisotopic (exact) mass is 281 g/mol. The van der Waals surface area contributed by atoms with Crippen molar-refractivity contribution in [3.8, 4) is 5.88 Å². The summed E-state index contributed by atoms with van der Waals surface area (Å²) in [6.45, 7) is 7.43. The van der Waals surface area contributed by atoms with Gasteiger partial charge in [-0.3, -0.25) is 4.90 Å². The van der Waals surface area contributed by atoms with Gasteiger partial charge < -0.3 is 4.74 Å². The molecule has 0 radical (unpaired) electrons. The molecule has 0 fully saturated rings. The van der Waals surface area contributed by atoms with Crippen LogP contribution in [-0.2, 0) is 0 Å². The summed E-state index contributed by atoms with van der Waals surface area (Å²) in [5.41, 5.74) is 2.18. The molecule has 0 bridgehead atoms. The minimum Gasteiger partial charge on any atom is -0.472 e. The van der Waals surface area contributed by atoms with Gasteiger partial charge in [0.1, 0.15) is 5.69 Å². The Morgan fingerprint density at radius 3 is 3.00 bits per heavy atom. The summed E-state index contributed by atoms with van der Waals surface area (Å²) in [4.78, 5) is 2.34. The van der Waals surface area contributed by atoms with Gasteiger partial charge in [-0.1, -0.05) is 19.4 Å². The molecule has 1 aliphatic rings. The molecule has 0 saturated heterocycles. The molecule has 106 valence electrons. The molecule has 1 aromatic rings. The van der Waals surface area contributed by atoms with Crippen molar-refractivity contribution < 1.29 is 4.74 Å². The first-order chi connectivity index (χ1) is 9.11. The van der Waals surface area contributed by atoms with Gasteiger partial charge in [-0.2, -0.15) is 4.37 Å². The third-order valence-corrected chi connectivity index (χ3v) is 4.16. The molecular formula is C14H23N3OS. The molecule has 2 heterocycles. The number of ether oxygens (including phenoxy) is 1. The lowest BCUT2D eigenvalue weighted by Gasteiger charge is -2.29. The van der Waals surface area contributed by atoms with Gasteiger partial charge in [0, 0.05) is 12.6 Å². The minimum absolute atomic E-state index is 0.202. The summed E-state index contributed by atoms with van der Waals surface area (Å²) in [6.07, 6.45) is 5.71. The molecular weight excluding hydrogens is 258 g/mol. The lowest BCUT2D eigenvalue weighted by molar-refractivity contribution is 0.202. The van der Waals surface area contributed by atoms with Crippen LogP contribution in [0.15, 0.2) is 6.08 Å². The highest BCUT2D eigenvalue weighted by Crippen LogP contribution is 2.29. The van der Waals surface area contributed by atoms with E-state index in [-0.39, 0.29) is 6.10 Å². The average Bonchev–Trinajstić information content (AvgIpc) is 2.81. The Morgan fingerprint density at radius 1 is 1.53 bits per heavy atom. The molecule has 4 nitrogen and oxygen atoms in total. The van der Waals surface area contributed by atoms with Crippen molar-refractivity contribution in [3.63, 3.8) is 0 Å². The summed E-state index contributed by atoms with van der Waals surface area (Å²) in [5.74, 6) is 0.708. The normalized spacial score (nSPS) is 22.1. The molecule has 2 rings (SSSR count). The molecule has 1 aromatic heterocycles. The van der Waals surface area contributed by atoms with E-state index in [1.807, 2.05) is 0 Å². The Hall–Kier alpha value is -0.940. The molecule has 1 aliphatic heterocycles. The fourth-order valence-corrected chi connectivity index (χ4v) is 2.78. The van der Waals surface area contributed by atoms with E-state index >= 15 is 0 Å². The highest BCUT2D eigenvalue weighted by atomic mass is 32.1. The maximum absolute atomic E-state index is 5.92. The predicted molar refractivity (Wildman–Crippen MR) is 79.6 cm³/mol. The number of rotatable bonds is 5. The molecule has 0 N–H and O–H groups in total. The van der Waals surface area contributed by atoms with Crippen LogP contribution < -0.4 is 4.74 Å². The van der Waals surface area contributed by atoms with Gasteiger partial charge in [-0.05, 0) is 39.3 Å². The van der Waals surface area contributed by atoms with Crippen molar-refractivity contribution in [2.24, 2.45) is 0 Å². The Labute approximate surface area is 119 Å². The van der Waals surface area contributed by atoms with E-state index in [4.69, 9.17) is 4.74 Å². The average molecular weight is 281 g/mol. The van der Waals surface area contributed by atoms with Gasteiger partial charge >= 0.3 is 0 Å². The van der Waals surface area contributed by atoms with Crippen molar-refractivity contribution in [3.05, 3.63) is 11.8 Å². The van der Waals surface area contributed by atoms with Gasteiger partial charge in [0.05, 0.1) is 17.8 Å². The van der Waals surface area contributed by atoms with E-state index in [0.717, 1.165) is 31.5 Å². The van der Waals surface area contributed by atoms with Crippen LogP contribution in [0.5, 0.6) is 5.88 Å². The lowest BCUT2D eigenvalue weighted by atomic mass is 10.0. The number of hydrogen-bond donors (Lipinski definition) is 0. The van der Waals surface area contributed by atoms with Crippen molar-refractivity contribution >= 4 is 17.3 Å². The van der Waals surface area contributed by atoms with Gasteiger partial charge in [0.15, 0.2) is 0 Å². The number of likely N-dealkylation sites (N-methyl/N-ethyl adjacent to an activating group) is 1. The molecule has 0 amide bonds. The second-order valence-electron chi connectivity index (χ2n) is 5.36. The van der Waals surface area contributed by atoms with Crippen LogP contribution in [0.2, 0.25) is 0 Å². The third-order valence-electron chi connectivity index (χ3n) is 3.65. The summed E-state index contributed by atoms with van der Waals surface area (Å²) in [7, 11) is 2.15. The Balaban J connectivity index is 2.11.